The van der Waals surface area contributed by atoms with E-state index in [1.165, 1.54) is 0 Å². The molecule has 2 heterocycles. The van der Waals surface area contributed by atoms with E-state index >= 15 is 0 Å². The van der Waals surface area contributed by atoms with Gasteiger partial charge in [-0.2, -0.15) is 4.98 Å². The first-order valence-electron chi connectivity index (χ1n) is 7.06. The summed E-state index contributed by atoms with van der Waals surface area (Å²) >= 11 is 0. The largest absolute Gasteiger partial charge is 0.369 e. The minimum atomic E-state index is -0.476. The monoisotopic (exact) mass is 325 g/mol. The maximum absolute atomic E-state index is 11.9. The Hall–Kier alpha value is -3.49. The van der Waals surface area contributed by atoms with Gasteiger partial charge in [-0.15, -0.1) is 0 Å². The number of aromatic nitrogens is 4. The summed E-state index contributed by atoms with van der Waals surface area (Å²) in [7, 11) is 1.86. The van der Waals surface area contributed by atoms with Crippen molar-refractivity contribution in [3.63, 3.8) is 0 Å². The lowest BCUT2D eigenvalue weighted by Crippen LogP contribution is -2.19. The lowest BCUT2D eigenvalue weighted by atomic mass is 10.2. The van der Waals surface area contributed by atoms with Crippen molar-refractivity contribution in [2.75, 3.05) is 17.7 Å². The van der Waals surface area contributed by atoms with E-state index in [0.29, 0.717) is 17.8 Å². The van der Waals surface area contributed by atoms with Crippen LogP contribution in [-0.2, 0) is 6.54 Å². The van der Waals surface area contributed by atoms with Gasteiger partial charge in [-0.05, 0) is 24.3 Å². The van der Waals surface area contributed by atoms with Crippen LogP contribution in [0.1, 0.15) is 16.1 Å². The Morgan fingerprint density at radius 3 is 2.62 bits per heavy atom. The van der Waals surface area contributed by atoms with Crippen molar-refractivity contribution in [2.45, 2.75) is 6.54 Å². The summed E-state index contributed by atoms with van der Waals surface area (Å²) in [5.74, 6) is -0.475. The molecule has 0 radical (unpaired) electrons. The van der Waals surface area contributed by atoms with E-state index in [-0.39, 0.29) is 17.1 Å². The molecule has 0 bridgehead atoms. The summed E-state index contributed by atoms with van der Waals surface area (Å²) in [6, 6.07) is 6.86. The number of hydrogen-bond acceptors (Lipinski definition) is 7. The molecule has 0 atom stereocenters. The van der Waals surface area contributed by atoms with E-state index in [0.717, 1.165) is 5.69 Å². The molecule has 3 aromatic rings. The Balaban J connectivity index is 1.86. The van der Waals surface area contributed by atoms with Crippen molar-refractivity contribution in [3.8, 4) is 0 Å². The van der Waals surface area contributed by atoms with Gasteiger partial charge in [0.1, 0.15) is 0 Å². The number of H-pyrrole nitrogens is 1. The number of anilines is 2. The summed E-state index contributed by atoms with van der Waals surface area (Å²) in [6.45, 7) is 0.419. The molecule has 2 aromatic heterocycles. The third-order valence-corrected chi connectivity index (χ3v) is 3.48. The Morgan fingerprint density at radius 1 is 1.25 bits per heavy atom. The van der Waals surface area contributed by atoms with Crippen LogP contribution in [0.5, 0.6) is 0 Å². The molecule has 5 N–H and O–H groups in total. The first-order valence-corrected chi connectivity index (χ1v) is 7.06. The molecule has 0 saturated carbocycles. The average molecular weight is 325 g/mol. The van der Waals surface area contributed by atoms with Gasteiger partial charge in [0.05, 0.1) is 18.4 Å². The first kappa shape index (κ1) is 15.4. The van der Waals surface area contributed by atoms with Gasteiger partial charge in [0.15, 0.2) is 11.2 Å². The third kappa shape index (κ3) is 3.00. The molecule has 24 heavy (non-hydrogen) atoms. The minimum Gasteiger partial charge on any atom is -0.369 e. The Labute approximate surface area is 136 Å². The second-order valence-electron chi connectivity index (χ2n) is 5.25. The molecule has 0 saturated heterocycles. The predicted molar refractivity (Wildman–Crippen MR) is 89.4 cm³/mol. The number of amides is 1. The second-order valence-corrected chi connectivity index (χ2v) is 5.25. The van der Waals surface area contributed by atoms with Gasteiger partial charge in [-0.25, -0.2) is 9.97 Å². The molecule has 0 aliphatic carbocycles. The molecule has 3 rings (SSSR count). The standard InChI is InChI=1S/C15H15N7O2/c1-22(10-4-2-8(3-5-10)12(16)23)7-9-6-18-13-11(19-9)14(24)21-15(17)20-13/h2-6H,7H2,1H3,(H2,16,23)(H3,17,18,20,21,24). The van der Waals surface area contributed by atoms with Gasteiger partial charge in [0, 0.05) is 18.3 Å². The second kappa shape index (κ2) is 5.95. The van der Waals surface area contributed by atoms with Gasteiger partial charge in [0.2, 0.25) is 11.9 Å². The number of aromatic amines is 1. The number of nitrogen functional groups attached to an aromatic ring is 1. The highest BCUT2D eigenvalue weighted by Gasteiger charge is 2.09. The molecule has 122 valence electrons. The Morgan fingerprint density at radius 2 is 1.96 bits per heavy atom. The van der Waals surface area contributed by atoms with Gasteiger partial charge >= 0.3 is 0 Å². The van der Waals surface area contributed by atoms with Crippen LogP contribution in [-0.4, -0.2) is 32.9 Å². The molecular weight excluding hydrogens is 310 g/mol. The van der Waals surface area contributed by atoms with E-state index in [1.54, 1.807) is 30.5 Å². The molecule has 0 spiro atoms. The molecule has 1 amide bonds. The summed E-state index contributed by atoms with van der Waals surface area (Å²) < 4.78 is 0. The fraction of sp³-hybridized carbons (Fsp3) is 0.133. The Kier molecular flexibility index (Phi) is 3.82. The molecule has 0 aliphatic rings. The summed E-state index contributed by atoms with van der Waals surface area (Å²) in [4.78, 5) is 39.6. The SMILES string of the molecule is CN(Cc1cnc2nc(N)[nH]c(=O)c2n1)c1ccc(C(N)=O)cc1. The van der Waals surface area contributed by atoms with Crippen LogP contribution in [0, 0.1) is 0 Å². The van der Waals surface area contributed by atoms with Gasteiger partial charge in [0.25, 0.3) is 5.56 Å². The van der Waals surface area contributed by atoms with E-state index in [4.69, 9.17) is 11.5 Å². The number of carbonyl (C=O) groups is 1. The van der Waals surface area contributed by atoms with Gasteiger partial charge in [-0.1, -0.05) is 0 Å². The lowest BCUT2D eigenvalue weighted by Gasteiger charge is -2.18. The van der Waals surface area contributed by atoms with Gasteiger partial charge in [-0.3, -0.25) is 14.6 Å². The number of nitrogens with one attached hydrogen (secondary N) is 1. The minimum absolute atomic E-state index is 0.00112. The molecule has 0 fully saturated rings. The summed E-state index contributed by atoms with van der Waals surface area (Å²) in [5, 5.41) is 0. The highest BCUT2D eigenvalue weighted by atomic mass is 16.1. The number of rotatable bonds is 4. The number of fused-ring (bicyclic) bond motifs is 1. The van der Waals surface area contributed by atoms with Crippen molar-refractivity contribution < 1.29 is 4.79 Å². The van der Waals surface area contributed by atoms with Crippen LogP contribution in [0.2, 0.25) is 0 Å². The van der Waals surface area contributed by atoms with Crippen molar-refractivity contribution >= 4 is 28.7 Å². The van der Waals surface area contributed by atoms with E-state index < -0.39 is 11.5 Å². The van der Waals surface area contributed by atoms with E-state index in [9.17, 15) is 9.59 Å². The fourth-order valence-electron chi connectivity index (χ4n) is 2.26. The maximum atomic E-state index is 11.9. The number of nitrogens with two attached hydrogens (primary N) is 2. The summed E-state index contributed by atoms with van der Waals surface area (Å²) in [6.07, 6.45) is 1.54. The van der Waals surface area contributed by atoms with Crippen LogP contribution < -0.4 is 21.9 Å². The number of carbonyl (C=O) groups excluding carboxylic acids is 1. The van der Waals surface area contributed by atoms with E-state index in [1.807, 2.05) is 11.9 Å². The highest BCUT2D eigenvalue weighted by Crippen LogP contribution is 2.16. The van der Waals surface area contributed by atoms with Crippen molar-refractivity contribution in [1.82, 2.24) is 19.9 Å². The predicted octanol–water partition coefficient (Wildman–Crippen LogP) is 0.0306. The zero-order valence-corrected chi connectivity index (χ0v) is 12.9. The van der Waals surface area contributed by atoms with Crippen LogP contribution >= 0.6 is 0 Å². The average Bonchev–Trinajstić information content (AvgIpc) is 2.55. The number of benzene rings is 1. The lowest BCUT2D eigenvalue weighted by molar-refractivity contribution is 0.100. The quantitative estimate of drug-likeness (QED) is 0.613. The zero-order chi connectivity index (χ0) is 17.3. The van der Waals surface area contributed by atoms with Gasteiger partial charge < -0.3 is 16.4 Å². The Bertz CT molecular complexity index is 966. The molecule has 9 nitrogen and oxygen atoms in total. The zero-order valence-electron chi connectivity index (χ0n) is 12.9. The van der Waals surface area contributed by atoms with Crippen LogP contribution in [0.15, 0.2) is 35.3 Å². The fourth-order valence-corrected chi connectivity index (χ4v) is 2.26. The number of primary amides is 1. The van der Waals surface area contributed by atoms with Crippen LogP contribution in [0.4, 0.5) is 11.6 Å². The molecular formula is C15H15N7O2. The normalized spacial score (nSPS) is 10.7. The van der Waals surface area contributed by atoms with E-state index in [2.05, 4.69) is 19.9 Å². The maximum Gasteiger partial charge on any atom is 0.280 e. The molecule has 1 aromatic carbocycles. The molecule has 9 heteroatoms. The highest BCUT2D eigenvalue weighted by molar-refractivity contribution is 5.93. The van der Waals surface area contributed by atoms with Crippen LogP contribution in [0.25, 0.3) is 11.2 Å². The summed E-state index contributed by atoms with van der Waals surface area (Å²) in [5.41, 5.74) is 12.5. The topological polar surface area (TPSA) is 144 Å². The van der Waals surface area contributed by atoms with Crippen molar-refractivity contribution in [2.24, 2.45) is 5.73 Å². The van der Waals surface area contributed by atoms with Crippen molar-refractivity contribution in [3.05, 3.63) is 52.1 Å². The molecule has 0 aliphatic heterocycles. The third-order valence-electron chi connectivity index (χ3n) is 3.48. The molecule has 0 unspecified atom stereocenters. The first-order chi connectivity index (χ1) is 11.4. The number of nitrogens with zero attached hydrogens (tertiary/aromatic N) is 4. The van der Waals surface area contributed by atoms with Crippen LogP contribution in [0.3, 0.4) is 0 Å². The smallest absolute Gasteiger partial charge is 0.280 e. The van der Waals surface area contributed by atoms with Crippen molar-refractivity contribution in [1.29, 1.82) is 0 Å². The number of hydrogen-bond donors (Lipinski definition) is 3.